The number of carbonyl (C=O) groups is 3. The van der Waals surface area contributed by atoms with Crippen LogP contribution >= 0.6 is 11.8 Å². The second-order valence-corrected chi connectivity index (χ2v) is 9.60. The Hall–Kier alpha value is -2.02. The minimum absolute atomic E-state index is 0.0682. The van der Waals surface area contributed by atoms with Gasteiger partial charge < -0.3 is 15.1 Å². The highest BCUT2D eigenvalue weighted by atomic mass is 32.2. The van der Waals surface area contributed by atoms with Crippen LogP contribution in [0, 0.1) is 5.92 Å². The summed E-state index contributed by atoms with van der Waals surface area (Å²) in [7, 11) is 0. The number of amides is 3. The van der Waals surface area contributed by atoms with Crippen molar-refractivity contribution in [1.29, 1.82) is 0 Å². The van der Waals surface area contributed by atoms with Gasteiger partial charge in [0.05, 0.1) is 5.88 Å². The van der Waals surface area contributed by atoms with Gasteiger partial charge in [0.2, 0.25) is 11.8 Å². The molecule has 3 aliphatic rings. The number of likely N-dealkylation sites (tertiary alicyclic amines) is 1. The molecule has 1 aliphatic carbocycles. The third kappa shape index (κ3) is 4.82. The van der Waals surface area contributed by atoms with E-state index in [0.29, 0.717) is 36.2 Å². The summed E-state index contributed by atoms with van der Waals surface area (Å²) in [5, 5.41) is 3.15. The van der Waals surface area contributed by atoms with Crippen LogP contribution in [0.1, 0.15) is 55.3 Å². The van der Waals surface area contributed by atoms with E-state index >= 15 is 0 Å². The van der Waals surface area contributed by atoms with Gasteiger partial charge in [-0.3, -0.25) is 14.4 Å². The summed E-state index contributed by atoms with van der Waals surface area (Å²) >= 11 is 1.62. The standard InChI is InChI=1S/C23H31N3O3S/c27-21(20-15-30-16-26(20)23(29)18-9-5-2-6-10-18)24-19-11-13-25(14-12-19)22(28)17-7-3-1-4-8-17/h2,5-6,9-10,17,19-20H,1,3-4,7-8,11-16H2,(H,24,27). The van der Waals surface area contributed by atoms with Crippen LogP contribution in [0.4, 0.5) is 0 Å². The third-order valence-corrected chi connectivity index (χ3v) is 7.59. The molecule has 1 aromatic carbocycles. The maximum atomic E-state index is 12.9. The smallest absolute Gasteiger partial charge is 0.255 e. The largest absolute Gasteiger partial charge is 0.351 e. The van der Waals surface area contributed by atoms with Crippen molar-refractivity contribution in [2.75, 3.05) is 24.7 Å². The van der Waals surface area contributed by atoms with E-state index in [1.807, 2.05) is 23.1 Å². The first-order valence-corrected chi connectivity index (χ1v) is 12.3. The molecule has 1 N–H and O–H groups in total. The van der Waals surface area contributed by atoms with Gasteiger partial charge in [-0.05, 0) is 37.8 Å². The Morgan fingerprint density at radius 3 is 2.33 bits per heavy atom. The summed E-state index contributed by atoms with van der Waals surface area (Å²) in [5.41, 5.74) is 0.618. The lowest BCUT2D eigenvalue weighted by atomic mass is 9.87. The fourth-order valence-electron chi connectivity index (χ4n) is 4.76. The third-order valence-electron chi connectivity index (χ3n) is 6.57. The summed E-state index contributed by atoms with van der Waals surface area (Å²) in [6.07, 6.45) is 7.22. The lowest BCUT2D eigenvalue weighted by molar-refractivity contribution is -0.137. The number of nitrogens with zero attached hydrogens (tertiary/aromatic N) is 2. The van der Waals surface area contributed by atoms with Gasteiger partial charge in [-0.25, -0.2) is 0 Å². The minimum Gasteiger partial charge on any atom is -0.351 e. The number of rotatable bonds is 4. The van der Waals surface area contributed by atoms with Crippen molar-refractivity contribution in [2.45, 2.75) is 57.0 Å². The lowest BCUT2D eigenvalue weighted by Crippen LogP contribution is -2.53. The number of nitrogens with one attached hydrogen (secondary N) is 1. The molecule has 6 nitrogen and oxygen atoms in total. The van der Waals surface area contributed by atoms with Crippen LogP contribution in [0.5, 0.6) is 0 Å². The fourth-order valence-corrected chi connectivity index (χ4v) is 5.91. The van der Waals surface area contributed by atoms with Crippen molar-refractivity contribution in [3.63, 3.8) is 0 Å². The van der Waals surface area contributed by atoms with Crippen LogP contribution < -0.4 is 5.32 Å². The van der Waals surface area contributed by atoms with E-state index in [4.69, 9.17) is 0 Å². The Balaban J connectivity index is 1.28. The zero-order chi connectivity index (χ0) is 20.9. The van der Waals surface area contributed by atoms with E-state index in [2.05, 4.69) is 5.32 Å². The maximum Gasteiger partial charge on any atom is 0.255 e. The zero-order valence-corrected chi connectivity index (χ0v) is 18.2. The molecule has 162 valence electrons. The summed E-state index contributed by atoms with van der Waals surface area (Å²) in [6.45, 7) is 1.43. The Kier molecular flexibility index (Phi) is 6.97. The number of carbonyl (C=O) groups excluding carboxylic acids is 3. The number of benzene rings is 1. The number of piperidine rings is 1. The Labute approximate surface area is 182 Å². The normalized spacial score (nSPS) is 23.4. The van der Waals surface area contributed by atoms with Crippen LogP contribution in [-0.4, -0.2) is 64.3 Å². The fraction of sp³-hybridized carbons (Fsp3) is 0.609. The SMILES string of the molecule is O=C(NC1CCN(C(=O)C2CCCCC2)CC1)C1CSCN1C(=O)c1ccccc1. The average Bonchev–Trinajstić information content (AvgIpc) is 3.30. The molecular formula is C23H31N3O3S. The van der Waals surface area contributed by atoms with E-state index in [9.17, 15) is 14.4 Å². The number of thioether (sulfide) groups is 1. The molecule has 7 heteroatoms. The highest BCUT2D eigenvalue weighted by molar-refractivity contribution is 7.99. The van der Waals surface area contributed by atoms with E-state index < -0.39 is 6.04 Å². The van der Waals surface area contributed by atoms with E-state index in [1.165, 1.54) is 19.3 Å². The average molecular weight is 430 g/mol. The highest BCUT2D eigenvalue weighted by Crippen LogP contribution is 2.27. The van der Waals surface area contributed by atoms with Crippen LogP contribution in [-0.2, 0) is 9.59 Å². The van der Waals surface area contributed by atoms with Gasteiger partial charge in [-0.1, -0.05) is 37.5 Å². The van der Waals surface area contributed by atoms with Crippen molar-refractivity contribution >= 4 is 29.5 Å². The highest BCUT2D eigenvalue weighted by Gasteiger charge is 2.36. The van der Waals surface area contributed by atoms with Crippen LogP contribution in [0.15, 0.2) is 30.3 Å². The second kappa shape index (κ2) is 9.86. The van der Waals surface area contributed by atoms with Crippen LogP contribution in [0.2, 0.25) is 0 Å². The summed E-state index contributed by atoms with van der Waals surface area (Å²) < 4.78 is 0. The first-order valence-electron chi connectivity index (χ1n) is 11.2. The van der Waals surface area contributed by atoms with Gasteiger partial charge in [-0.15, -0.1) is 11.8 Å². The molecule has 2 saturated heterocycles. The van der Waals surface area contributed by atoms with Crippen molar-refractivity contribution in [3.05, 3.63) is 35.9 Å². The molecule has 1 aromatic rings. The Morgan fingerprint density at radius 1 is 0.933 bits per heavy atom. The molecule has 2 aliphatic heterocycles. The molecule has 1 atom stereocenters. The van der Waals surface area contributed by atoms with Crippen molar-refractivity contribution in [3.8, 4) is 0 Å². The number of hydrogen-bond acceptors (Lipinski definition) is 4. The number of hydrogen-bond donors (Lipinski definition) is 1. The van der Waals surface area contributed by atoms with Gasteiger partial charge in [0, 0.05) is 36.4 Å². The molecule has 1 saturated carbocycles. The Bertz CT molecular complexity index is 758. The van der Waals surface area contributed by atoms with Gasteiger partial charge in [0.25, 0.3) is 5.91 Å². The molecule has 30 heavy (non-hydrogen) atoms. The van der Waals surface area contributed by atoms with E-state index in [1.54, 1.807) is 28.8 Å². The molecular weight excluding hydrogens is 398 g/mol. The van der Waals surface area contributed by atoms with Crippen molar-refractivity contribution < 1.29 is 14.4 Å². The molecule has 2 heterocycles. The molecule has 4 rings (SSSR count). The molecule has 3 fully saturated rings. The molecule has 0 aromatic heterocycles. The van der Waals surface area contributed by atoms with Crippen LogP contribution in [0.3, 0.4) is 0 Å². The summed E-state index contributed by atoms with van der Waals surface area (Å²) in [5.74, 6) is 1.53. The van der Waals surface area contributed by atoms with E-state index in [-0.39, 0.29) is 23.8 Å². The van der Waals surface area contributed by atoms with Gasteiger partial charge in [-0.2, -0.15) is 0 Å². The van der Waals surface area contributed by atoms with Crippen molar-refractivity contribution in [1.82, 2.24) is 15.1 Å². The minimum atomic E-state index is -0.426. The summed E-state index contributed by atoms with van der Waals surface area (Å²) in [6, 6.07) is 8.79. The summed E-state index contributed by atoms with van der Waals surface area (Å²) in [4.78, 5) is 42.1. The van der Waals surface area contributed by atoms with E-state index in [0.717, 1.165) is 25.7 Å². The predicted molar refractivity (Wildman–Crippen MR) is 118 cm³/mol. The molecule has 0 spiro atoms. The monoisotopic (exact) mass is 429 g/mol. The van der Waals surface area contributed by atoms with Gasteiger partial charge in [0.1, 0.15) is 6.04 Å². The molecule has 0 radical (unpaired) electrons. The predicted octanol–water partition coefficient (Wildman–Crippen LogP) is 2.89. The van der Waals surface area contributed by atoms with Gasteiger partial charge in [0.15, 0.2) is 0 Å². The second-order valence-electron chi connectivity index (χ2n) is 8.60. The molecule has 3 amide bonds. The topological polar surface area (TPSA) is 69.7 Å². The Morgan fingerprint density at radius 2 is 1.63 bits per heavy atom. The first-order chi connectivity index (χ1) is 14.6. The maximum absolute atomic E-state index is 12.9. The zero-order valence-electron chi connectivity index (χ0n) is 17.4. The van der Waals surface area contributed by atoms with Crippen LogP contribution in [0.25, 0.3) is 0 Å². The lowest BCUT2D eigenvalue weighted by Gasteiger charge is -2.36. The quantitative estimate of drug-likeness (QED) is 0.799. The first kappa shape index (κ1) is 21.2. The van der Waals surface area contributed by atoms with Gasteiger partial charge >= 0.3 is 0 Å². The molecule has 0 bridgehead atoms. The van der Waals surface area contributed by atoms with Crippen molar-refractivity contribution in [2.24, 2.45) is 5.92 Å². The molecule has 1 unspecified atom stereocenters.